The molecule has 10 rings (SSSR count). The lowest BCUT2D eigenvalue weighted by Gasteiger charge is -2.48. The van der Waals surface area contributed by atoms with Crippen molar-refractivity contribution < 1.29 is 0 Å². The van der Waals surface area contributed by atoms with Crippen molar-refractivity contribution in [2.75, 3.05) is 0 Å². The zero-order chi connectivity index (χ0) is 35.9. The van der Waals surface area contributed by atoms with Crippen molar-refractivity contribution >= 4 is 32.6 Å². The Bertz CT molecular complexity index is 2820. The van der Waals surface area contributed by atoms with Gasteiger partial charge in [-0.05, 0) is 74.2 Å². The van der Waals surface area contributed by atoms with Gasteiger partial charge in [0.15, 0.2) is 17.5 Å². The fourth-order valence-corrected chi connectivity index (χ4v) is 8.54. The molecule has 4 heteroatoms. The van der Waals surface area contributed by atoms with Crippen molar-refractivity contribution in [2.45, 2.75) is 38.5 Å². The minimum Gasteiger partial charge on any atom is -0.308 e. The predicted octanol–water partition coefficient (Wildman–Crippen LogP) is 12.4. The molecule has 53 heavy (non-hydrogen) atoms. The fourth-order valence-electron chi connectivity index (χ4n) is 8.54. The van der Waals surface area contributed by atoms with Crippen molar-refractivity contribution in [1.82, 2.24) is 19.5 Å². The Morgan fingerprint density at radius 1 is 0.415 bits per heavy atom. The molecule has 0 saturated heterocycles. The molecule has 0 saturated carbocycles. The van der Waals surface area contributed by atoms with Crippen LogP contribution in [0.3, 0.4) is 0 Å². The lowest BCUT2D eigenvalue weighted by molar-refractivity contribution is 0.299. The molecule has 1 aliphatic carbocycles. The van der Waals surface area contributed by atoms with Crippen LogP contribution in [0.15, 0.2) is 158 Å². The number of hydrogen-bond donors (Lipinski definition) is 0. The van der Waals surface area contributed by atoms with Crippen LogP contribution in [0.25, 0.3) is 83.6 Å². The summed E-state index contributed by atoms with van der Waals surface area (Å²) < 4.78 is 2.42. The van der Waals surface area contributed by atoms with Crippen LogP contribution in [0.5, 0.6) is 0 Å². The van der Waals surface area contributed by atoms with E-state index in [4.69, 9.17) is 15.0 Å². The summed E-state index contributed by atoms with van der Waals surface area (Å²) in [6.07, 6.45) is 0. The Morgan fingerprint density at radius 2 is 0.981 bits per heavy atom. The Morgan fingerprint density at radius 3 is 1.70 bits per heavy atom. The molecule has 9 aromatic rings. The van der Waals surface area contributed by atoms with Crippen molar-refractivity contribution in [3.63, 3.8) is 0 Å². The van der Waals surface area contributed by atoms with Crippen LogP contribution >= 0.6 is 0 Å². The first-order valence-corrected chi connectivity index (χ1v) is 18.4. The minimum absolute atomic E-state index is 0.0936. The molecule has 0 bridgehead atoms. The molecule has 0 radical (unpaired) electrons. The van der Waals surface area contributed by atoms with Gasteiger partial charge in [0.25, 0.3) is 0 Å². The zero-order valence-corrected chi connectivity index (χ0v) is 30.3. The van der Waals surface area contributed by atoms with Crippen LogP contribution in [-0.2, 0) is 10.8 Å². The van der Waals surface area contributed by atoms with Gasteiger partial charge in [-0.1, -0.05) is 155 Å². The maximum absolute atomic E-state index is 5.16. The first-order valence-electron chi connectivity index (χ1n) is 18.4. The van der Waals surface area contributed by atoms with Gasteiger partial charge in [-0.3, -0.25) is 0 Å². The van der Waals surface area contributed by atoms with Gasteiger partial charge in [-0.2, -0.15) is 0 Å². The van der Waals surface area contributed by atoms with Gasteiger partial charge >= 0.3 is 0 Å². The van der Waals surface area contributed by atoms with E-state index in [2.05, 4.69) is 154 Å². The van der Waals surface area contributed by atoms with E-state index in [9.17, 15) is 0 Å². The molecule has 1 aliphatic rings. The quantitative estimate of drug-likeness (QED) is 0.186. The molecule has 4 nitrogen and oxygen atoms in total. The molecule has 0 atom stereocenters. The van der Waals surface area contributed by atoms with Crippen LogP contribution < -0.4 is 0 Å². The second-order valence-electron chi connectivity index (χ2n) is 15.3. The van der Waals surface area contributed by atoms with Gasteiger partial charge in [0.05, 0.1) is 16.7 Å². The molecule has 0 amide bonds. The molecule has 0 aliphatic heterocycles. The summed E-state index contributed by atoms with van der Waals surface area (Å²) in [6, 6.07) is 56.1. The highest BCUT2D eigenvalue weighted by Crippen LogP contribution is 2.56. The maximum atomic E-state index is 5.16. The lowest BCUT2D eigenvalue weighted by Crippen LogP contribution is -2.43. The van der Waals surface area contributed by atoms with Crippen LogP contribution in [0, 0.1) is 0 Å². The summed E-state index contributed by atoms with van der Waals surface area (Å²) in [5, 5.41) is 5.02. The first kappa shape index (κ1) is 31.4. The number of rotatable bonds is 4. The Hall–Kier alpha value is -6.39. The Kier molecular flexibility index (Phi) is 6.84. The summed E-state index contributed by atoms with van der Waals surface area (Å²) in [5.41, 5.74) is 11.4. The van der Waals surface area contributed by atoms with Crippen molar-refractivity contribution in [3.8, 4) is 51.0 Å². The third-order valence-electron chi connectivity index (χ3n) is 12.0. The molecule has 254 valence electrons. The molecule has 0 spiro atoms. The molecule has 0 fully saturated rings. The van der Waals surface area contributed by atoms with Gasteiger partial charge in [0, 0.05) is 27.5 Å². The topological polar surface area (TPSA) is 43.6 Å². The number of para-hydroxylation sites is 2. The minimum atomic E-state index is -0.125. The standard InChI is InChI=1S/C49H38N4/c1-48(2)39-28-27-31-17-11-12-22-34(31)44(39)38-30-43-37(29-40(38)49(48,3)4)35-23-13-15-25-41(35)53(43)42-26-16-14-24-36(42)47-51-45(32-18-7-5-8-19-32)50-46(52-47)33-20-9-6-10-21-33/h5-30H,1-4H3. The van der Waals surface area contributed by atoms with Crippen molar-refractivity contribution in [1.29, 1.82) is 0 Å². The number of nitrogens with zero attached hydrogens (tertiary/aromatic N) is 4. The van der Waals surface area contributed by atoms with Crippen molar-refractivity contribution in [3.05, 3.63) is 169 Å². The third kappa shape index (κ3) is 4.65. The molecule has 2 aromatic heterocycles. The van der Waals surface area contributed by atoms with Crippen molar-refractivity contribution in [2.24, 2.45) is 0 Å². The van der Waals surface area contributed by atoms with Crippen LogP contribution in [0.4, 0.5) is 0 Å². The van der Waals surface area contributed by atoms with E-state index in [0.29, 0.717) is 17.5 Å². The molecule has 0 N–H and O–H groups in total. The van der Waals surface area contributed by atoms with Crippen LogP contribution in [-0.4, -0.2) is 19.5 Å². The Balaban J connectivity index is 1.28. The van der Waals surface area contributed by atoms with E-state index in [-0.39, 0.29) is 10.8 Å². The van der Waals surface area contributed by atoms with Gasteiger partial charge in [0.2, 0.25) is 0 Å². The number of hydrogen-bond acceptors (Lipinski definition) is 3. The summed E-state index contributed by atoms with van der Waals surface area (Å²) in [6.45, 7) is 9.66. The van der Waals surface area contributed by atoms with E-state index in [1.165, 1.54) is 43.8 Å². The highest BCUT2D eigenvalue weighted by atomic mass is 15.1. The Labute approximate surface area is 309 Å². The monoisotopic (exact) mass is 682 g/mol. The van der Waals surface area contributed by atoms with Crippen LogP contribution in [0.1, 0.15) is 38.8 Å². The highest BCUT2D eigenvalue weighted by Gasteiger charge is 2.46. The number of benzene rings is 7. The van der Waals surface area contributed by atoms with E-state index < -0.39 is 0 Å². The zero-order valence-electron chi connectivity index (χ0n) is 30.3. The summed E-state index contributed by atoms with van der Waals surface area (Å²) in [5.74, 6) is 1.93. The molecule has 0 unspecified atom stereocenters. The van der Waals surface area contributed by atoms with Gasteiger partial charge in [-0.15, -0.1) is 0 Å². The summed E-state index contributed by atoms with van der Waals surface area (Å²) >= 11 is 0. The van der Waals surface area contributed by atoms with Crippen LogP contribution in [0.2, 0.25) is 0 Å². The maximum Gasteiger partial charge on any atom is 0.166 e. The average Bonchev–Trinajstić information content (AvgIpc) is 3.53. The summed E-state index contributed by atoms with van der Waals surface area (Å²) in [4.78, 5) is 15.3. The van der Waals surface area contributed by atoms with E-state index in [1.807, 2.05) is 36.4 Å². The third-order valence-corrected chi connectivity index (χ3v) is 12.0. The molecule has 7 aromatic carbocycles. The summed E-state index contributed by atoms with van der Waals surface area (Å²) in [7, 11) is 0. The van der Waals surface area contributed by atoms with E-state index >= 15 is 0 Å². The van der Waals surface area contributed by atoms with E-state index in [0.717, 1.165) is 33.4 Å². The second-order valence-corrected chi connectivity index (χ2v) is 15.3. The first-order chi connectivity index (χ1) is 25.8. The van der Waals surface area contributed by atoms with E-state index in [1.54, 1.807) is 0 Å². The lowest BCUT2D eigenvalue weighted by atomic mass is 9.55. The fraction of sp³-hybridized carbons (Fsp3) is 0.122. The van der Waals surface area contributed by atoms with Gasteiger partial charge < -0.3 is 4.57 Å². The highest BCUT2D eigenvalue weighted by molar-refractivity contribution is 6.13. The molecular formula is C49H38N4. The molecular weight excluding hydrogens is 645 g/mol. The second kappa shape index (κ2) is 11.6. The predicted molar refractivity (Wildman–Crippen MR) is 219 cm³/mol. The number of fused-ring (bicyclic) bond motifs is 8. The SMILES string of the molecule is CC1(C)c2cc3c4ccccc4n(-c4ccccc4-c4nc(-c5ccccc5)nc(-c5ccccc5)n4)c3cc2-c2c(ccc3ccccc23)C1(C)C. The van der Waals surface area contributed by atoms with Gasteiger partial charge in [-0.25, -0.2) is 15.0 Å². The largest absolute Gasteiger partial charge is 0.308 e. The normalized spacial score (nSPS) is 14.3. The van der Waals surface area contributed by atoms with Gasteiger partial charge in [0.1, 0.15) is 0 Å². The number of aromatic nitrogens is 4. The smallest absolute Gasteiger partial charge is 0.166 e. The molecule has 2 heterocycles. The average molecular weight is 683 g/mol.